The van der Waals surface area contributed by atoms with E-state index >= 15 is 0 Å². The summed E-state index contributed by atoms with van der Waals surface area (Å²) in [5.74, 6) is 0. The van der Waals surface area contributed by atoms with Crippen LogP contribution in [0.4, 0.5) is 30.2 Å². The van der Waals surface area contributed by atoms with Gasteiger partial charge in [-0.15, -0.1) is 0 Å². The zero-order chi connectivity index (χ0) is 17.3. The summed E-state index contributed by atoms with van der Waals surface area (Å²) in [6.07, 6.45) is 2.41. The fourth-order valence-electron chi connectivity index (χ4n) is 1.61. The SMILES string of the molecule is Cc1ccc(Nc2cnccc2NS(=O)(=O)C(F)(F)F)cc1Br. The molecule has 5 nitrogen and oxygen atoms in total. The van der Waals surface area contributed by atoms with Crippen LogP contribution in [0, 0.1) is 6.92 Å². The minimum Gasteiger partial charge on any atom is -0.353 e. The molecule has 0 bridgehead atoms. The van der Waals surface area contributed by atoms with Crippen molar-refractivity contribution in [3.63, 3.8) is 0 Å². The maximum atomic E-state index is 12.5. The normalized spacial score (nSPS) is 12.0. The van der Waals surface area contributed by atoms with Crippen LogP contribution >= 0.6 is 15.9 Å². The summed E-state index contributed by atoms with van der Waals surface area (Å²) < 4.78 is 62.2. The Balaban J connectivity index is 2.33. The van der Waals surface area contributed by atoms with E-state index in [9.17, 15) is 21.6 Å². The Labute approximate surface area is 139 Å². The third-order valence-corrected chi connectivity index (χ3v) is 4.77. The maximum absolute atomic E-state index is 12.5. The van der Waals surface area contributed by atoms with Crippen LogP contribution in [0.2, 0.25) is 0 Å². The molecule has 1 aromatic heterocycles. The van der Waals surface area contributed by atoms with Crippen LogP contribution in [0.1, 0.15) is 5.56 Å². The Bertz CT molecular complexity index is 825. The topological polar surface area (TPSA) is 71.1 Å². The third-order valence-electron chi connectivity index (χ3n) is 2.82. The molecule has 10 heteroatoms. The summed E-state index contributed by atoms with van der Waals surface area (Å²) in [4.78, 5) is 3.78. The van der Waals surface area contributed by atoms with Crippen LogP contribution < -0.4 is 10.0 Å². The minimum absolute atomic E-state index is 0.0936. The van der Waals surface area contributed by atoms with Crippen molar-refractivity contribution in [2.45, 2.75) is 12.4 Å². The lowest BCUT2D eigenvalue weighted by molar-refractivity contribution is -0.0429. The predicted octanol–water partition coefficient (Wildman–Crippen LogP) is 4.16. The van der Waals surface area contributed by atoms with Gasteiger partial charge in [0.05, 0.1) is 17.6 Å². The molecule has 0 fully saturated rings. The molecule has 0 aliphatic heterocycles. The molecule has 0 spiro atoms. The molecular formula is C13H11BrF3N3O2S. The highest BCUT2D eigenvalue weighted by Gasteiger charge is 2.46. The number of benzene rings is 1. The molecule has 2 N–H and O–H groups in total. The second-order valence-corrected chi connectivity index (χ2v) is 7.09. The zero-order valence-corrected chi connectivity index (χ0v) is 14.1. The lowest BCUT2D eigenvalue weighted by Gasteiger charge is -2.15. The molecule has 0 atom stereocenters. The Morgan fingerprint density at radius 2 is 1.87 bits per heavy atom. The van der Waals surface area contributed by atoms with Crippen molar-refractivity contribution < 1.29 is 21.6 Å². The molecule has 2 aromatic rings. The van der Waals surface area contributed by atoms with Crippen molar-refractivity contribution in [1.82, 2.24) is 4.98 Å². The summed E-state index contributed by atoms with van der Waals surface area (Å²) in [5.41, 5.74) is -4.03. The quantitative estimate of drug-likeness (QED) is 0.795. The molecule has 0 saturated carbocycles. The minimum atomic E-state index is -5.51. The molecule has 1 aromatic carbocycles. The summed E-state index contributed by atoms with van der Waals surface area (Å²) in [6, 6.07) is 6.34. The summed E-state index contributed by atoms with van der Waals surface area (Å²) in [5, 5.41) is 2.83. The summed E-state index contributed by atoms with van der Waals surface area (Å²) in [7, 11) is -5.51. The molecule has 0 amide bonds. The first-order valence-corrected chi connectivity index (χ1v) is 8.44. The number of alkyl halides is 3. The van der Waals surface area contributed by atoms with Gasteiger partial charge in [0, 0.05) is 16.4 Å². The lowest BCUT2D eigenvalue weighted by atomic mass is 10.2. The van der Waals surface area contributed by atoms with E-state index in [2.05, 4.69) is 26.2 Å². The van der Waals surface area contributed by atoms with Gasteiger partial charge in [0.15, 0.2) is 0 Å². The molecule has 2 rings (SSSR count). The Kier molecular flexibility index (Phi) is 4.85. The highest BCUT2D eigenvalue weighted by atomic mass is 79.9. The zero-order valence-electron chi connectivity index (χ0n) is 11.6. The molecule has 1 heterocycles. The molecule has 0 radical (unpaired) electrons. The second kappa shape index (κ2) is 6.36. The number of hydrogen-bond donors (Lipinski definition) is 2. The number of nitrogens with one attached hydrogen (secondary N) is 2. The van der Waals surface area contributed by atoms with Gasteiger partial charge in [-0.25, -0.2) is 0 Å². The number of pyridine rings is 1. The molecule has 0 unspecified atom stereocenters. The molecule has 124 valence electrons. The first-order chi connectivity index (χ1) is 10.6. The number of nitrogens with zero attached hydrogens (tertiary/aromatic N) is 1. The van der Waals surface area contributed by atoms with Crippen molar-refractivity contribution in [3.05, 3.63) is 46.7 Å². The Morgan fingerprint density at radius 1 is 1.17 bits per heavy atom. The second-order valence-electron chi connectivity index (χ2n) is 4.56. The largest absolute Gasteiger partial charge is 0.516 e. The van der Waals surface area contributed by atoms with Gasteiger partial charge in [0.2, 0.25) is 0 Å². The standard InChI is InChI=1S/C13H11BrF3N3O2S/c1-8-2-3-9(6-10(8)14)19-12-7-18-5-4-11(12)20-23(21,22)13(15,16)17/h2-7,19H,1H3,(H,18,20). The highest BCUT2D eigenvalue weighted by molar-refractivity contribution is 9.10. The first kappa shape index (κ1) is 17.5. The predicted molar refractivity (Wildman–Crippen MR) is 85.0 cm³/mol. The van der Waals surface area contributed by atoms with Crippen molar-refractivity contribution in [1.29, 1.82) is 0 Å². The number of halogens is 4. The van der Waals surface area contributed by atoms with E-state index < -0.39 is 15.5 Å². The monoisotopic (exact) mass is 409 g/mol. The van der Waals surface area contributed by atoms with Crippen LogP contribution in [0.15, 0.2) is 41.1 Å². The van der Waals surface area contributed by atoms with Gasteiger partial charge in [-0.1, -0.05) is 22.0 Å². The average Bonchev–Trinajstić information content (AvgIpc) is 2.43. The smallest absolute Gasteiger partial charge is 0.353 e. The number of aromatic nitrogens is 1. The maximum Gasteiger partial charge on any atom is 0.516 e. The fraction of sp³-hybridized carbons (Fsp3) is 0.154. The lowest BCUT2D eigenvalue weighted by Crippen LogP contribution is -2.30. The van der Waals surface area contributed by atoms with Crippen molar-refractivity contribution in [3.8, 4) is 0 Å². The van der Waals surface area contributed by atoms with Crippen molar-refractivity contribution >= 4 is 43.0 Å². The van der Waals surface area contributed by atoms with Crippen LogP contribution in [0.3, 0.4) is 0 Å². The van der Waals surface area contributed by atoms with Gasteiger partial charge < -0.3 is 5.32 Å². The van der Waals surface area contributed by atoms with Crippen molar-refractivity contribution in [2.75, 3.05) is 10.0 Å². The van der Waals surface area contributed by atoms with Crippen LogP contribution in [-0.2, 0) is 10.0 Å². The first-order valence-electron chi connectivity index (χ1n) is 6.16. The fourth-order valence-corrected chi connectivity index (χ4v) is 2.57. The molecule has 0 aliphatic rings. The summed E-state index contributed by atoms with van der Waals surface area (Å²) >= 11 is 3.34. The summed E-state index contributed by atoms with van der Waals surface area (Å²) in [6.45, 7) is 1.88. The van der Waals surface area contributed by atoms with Crippen LogP contribution in [0.25, 0.3) is 0 Å². The van der Waals surface area contributed by atoms with E-state index in [0.717, 1.165) is 16.1 Å². The number of rotatable bonds is 4. The van der Waals surface area contributed by atoms with E-state index in [4.69, 9.17) is 0 Å². The Hall–Kier alpha value is -1.81. The van der Waals surface area contributed by atoms with Gasteiger partial charge in [-0.05, 0) is 30.7 Å². The number of hydrogen-bond acceptors (Lipinski definition) is 4. The van der Waals surface area contributed by atoms with Gasteiger partial charge >= 0.3 is 15.5 Å². The highest BCUT2D eigenvalue weighted by Crippen LogP contribution is 2.31. The number of sulfonamides is 1. The van der Waals surface area contributed by atoms with E-state index in [-0.39, 0.29) is 11.4 Å². The van der Waals surface area contributed by atoms with Gasteiger partial charge in [-0.3, -0.25) is 9.71 Å². The van der Waals surface area contributed by atoms with Crippen LogP contribution in [-0.4, -0.2) is 18.9 Å². The van der Waals surface area contributed by atoms with Crippen LogP contribution in [0.5, 0.6) is 0 Å². The van der Waals surface area contributed by atoms with E-state index in [1.54, 1.807) is 18.2 Å². The average molecular weight is 410 g/mol. The van der Waals surface area contributed by atoms with Crippen molar-refractivity contribution in [2.24, 2.45) is 0 Å². The van der Waals surface area contributed by atoms with Gasteiger partial charge in [0.25, 0.3) is 0 Å². The molecule has 23 heavy (non-hydrogen) atoms. The van der Waals surface area contributed by atoms with E-state index in [1.165, 1.54) is 17.1 Å². The van der Waals surface area contributed by atoms with Gasteiger partial charge in [-0.2, -0.15) is 21.6 Å². The molecular weight excluding hydrogens is 399 g/mol. The molecule has 0 saturated heterocycles. The third kappa shape index (κ3) is 4.14. The Morgan fingerprint density at radius 3 is 2.48 bits per heavy atom. The molecule has 0 aliphatic carbocycles. The number of anilines is 3. The van der Waals surface area contributed by atoms with E-state index in [0.29, 0.717) is 5.69 Å². The van der Waals surface area contributed by atoms with Gasteiger partial charge in [0.1, 0.15) is 0 Å². The van der Waals surface area contributed by atoms with E-state index in [1.807, 2.05) is 6.92 Å². The number of aryl methyl sites for hydroxylation is 1.